The summed E-state index contributed by atoms with van der Waals surface area (Å²) in [7, 11) is 0. The van der Waals surface area contributed by atoms with Gasteiger partial charge >= 0.3 is 0 Å². The third kappa shape index (κ3) is 4.35. The third-order valence-electron chi connectivity index (χ3n) is 2.56. The lowest BCUT2D eigenvalue weighted by molar-refractivity contribution is -0.127. The van der Waals surface area contributed by atoms with Crippen molar-refractivity contribution in [1.29, 1.82) is 0 Å². The number of ketones is 1. The number of nitrogens with one attached hydrogen (secondary N) is 1. The van der Waals surface area contributed by atoms with Crippen molar-refractivity contribution in [3.05, 3.63) is 29.6 Å². The lowest BCUT2D eigenvalue weighted by Gasteiger charge is -2.15. The Morgan fingerprint density at radius 2 is 2.11 bits per heavy atom. The Labute approximate surface area is 112 Å². The first-order valence-corrected chi connectivity index (χ1v) is 6.20. The van der Waals surface area contributed by atoms with Crippen molar-refractivity contribution in [3.63, 3.8) is 0 Å². The van der Waals surface area contributed by atoms with E-state index in [-0.39, 0.29) is 23.0 Å². The average Bonchev–Trinajstić information content (AvgIpc) is 2.37. The van der Waals surface area contributed by atoms with Crippen LogP contribution in [-0.4, -0.2) is 24.3 Å². The fraction of sp³-hybridized carbons (Fsp3) is 0.429. The number of benzene rings is 1. The maximum absolute atomic E-state index is 13.7. The molecule has 5 heteroatoms. The number of Topliss-reactive ketones (excluding diaryl/α,β-unsaturated/α-hetero) is 1. The van der Waals surface area contributed by atoms with E-state index < -0.39 is 11.9 Å². The molecule has 0 bridgehead atoms. The quantitative estimate of drug-likeness (QED) is 0.805. The van der Waals surface area contributed by atoms with Gasteiger partial charge in [0.25, 0.3) is 5.91 Å². The monoisotopic (exact) mass is 267 g/mol. The van der Waals surface area contributed by atoms with Crippen LogP contribution in [0.15, 0.2) is 18.2 Å². The predicted molar refractivity (Wildman–Crippen MR) is 69.8 cm³/mol. The highest BCUT2D eigenvalue weighted by atomic mass is 19.1. The Hall–Kier alpha value is -1.91. The van der Waals surface area contributed by atoms with Crippen molar-refractivity contribution < 1.29 is 18.7 Å². The maximum Gasteiger partial charge on any atom is 0.260 e. The number of amides is 1. The third-order valence-corrected chi connectivity index (χ3v) is 2.56. The largest absolute Gasteiger partial charge is 0.478 e. The average molecular weight is 267 g/mol. The summed E-state index contributed by atoms with van der Waals surface area (Å²) in [5, 5.41) is 2.66. The topological polar surface area (TPSA) is 55.4 Å². The number of halogens is 1. The van der Waals surface area contributed by atoms with Gasteiger partial charge in [-0.05, 0) is 38.5 Å². The summed E-state index contributed by atoms with van der Waals surface area (Å²) in [6, 6.07) is 3.93. The van der Waals surface area contributed by atoms with E-state index in [1.807, 2.05) is 6.92 Å². The summed E-state index contributed by atoms with van der Waals surface area (Å²) in [5.41, 5.74) is 0.271. The molecule has 0 fully saturated rings. The van der Waals surface area contributed by atoms with Crippen molar-refractivity contribution in [2.45, 2.75) is 33.3 Å². The summed E-state index contributed by atoms with van der Waals surface area (Å²) in [6.07, 6.45) is 0.0318. The zero-order valence-corrected chi connectivity index (χ0v) is 11.3. The van der Waals surface area contributed by atoms with E-state index in [1.165, 1.54) is 19.1 Å². The number of ether oxygens (including phenoxy) is 1. The molecule has 4 nitrogen and oxygen atoms in total. The van der Waals surface area contributed by atoms with E-state index in [2.05, 4.69) is 5.32 Å². The molecule has 0 radical (unpaired) electrons. The van der Waals surface area contributed by atoms with Crippen LogP contribution in [-0.2, 0) is 4.79 Å². The van der Waals surface area contributed by atoms with Crippen molar-refractivity contribution >= 4 is 11.7 Å². The van der Waals surface area contributed by atoms with Gasteiger partial charge in [-0.3, -0.25) is 9.59 Å². The van der Waals surface area contributed by atoms with Crippen molar-refractivity contribution in [2.75, 3.05) is 6.54 Å². The minimum Gasteiger partial charge on any atom is -0.478 e. The van der Waals surface area contributed by atoms with Gasteiger partial charge in [-0.15, -0.1) is 0 Å². The van der Waals surface area contributed by atoms with Gasteiger partial charge in [0.2, 0.25) is 0 Å². The Morgan fingerprint density at radius 1 is 1.42 bits per heavy atom. The highest BCUT2D eigenvalue weighted by Crippen LogP contribution is 2.20. The Morgan fingerprint density at radius 3 is 2.63 bits per heavy atom. The van der Waals surface area contributed by atoms with Gasteiger partial charge < -0.3 is 10.1 Å². The Balaban J connectivity index is 2.71. The number of hydrogen-bond donors (Lipinski definition) is 1. The van der Waals surface area contributed by atoms with Crippen LogP contribution < -0.4 is 10.1 Å². The van der Waals surface area contributed by atoms with Gasteiger partial charge in [0.05, 0.1) is 0 Å². The van der Waals surface area contributed by atoms with Gasteiger partial charge in [-0.1, -0.05) is 6.92 Å². The van der Waals surface area contributed by atoms with Gasteiger partial charge in [0, 0.05) is 12.1 Å². The van der Waals surface area contributed by atoms with Crippen LogP contribution in [0.4, 0.5) is 4.39 Å². The molecule has 1 atom stereocenters. The molecule has 1 amide bonds. The van der Waals surface area contributed by atoms with Gasteiger partial charge in [-0.25, -0.2) is 4.39 Å². The molecule has 0 spiro atoms. The Bertz CT molecular complexity index is 474. The lowest BCUT2D eigenvalue weighted by Crippen LogP contribution is -2.36. The highest BCUT2D eigenvalue weighted by molar-refractivity contribution is 5.94. The van der Waals surface area contributed by atoms with Crippen molar-refractivity contribution in [2.24, 2.45) is 0 Å². The molecule has 1 unspecified atom stereocenters. The van der Waals surface area contributed by atoms with Crippen LogP contribution in [0.3, 0.4) is 0 Å². The van der Waals surface area contributed by atoms with Crippen LogP contribution in [0.1, 0.15) is 37.6 Å². The SMILES string of the molecule is CCCNC(=O)C(C)Oc1ccc(C(C)=O)cc1F. The molecule has 0 aliphatic carbocycles. The van der Waals surface area contributed by atoms with Gasteiger partial charge in [0.1, 0.15) is 0 Å². The molecule has 1 rings (SSSR count). The number of carbonyl (C=O) groups excluding carboxylic acids is 2. The van der Waals surface area contributed by atoms with Crippen molar-refractivity contribution in [3.8, 4) is 5.75 Å². The summed E-state index contributed by atoms with van der Waals surface area (Å²) in [5.74, 6) is -1.21. The summed E-state index contributed by atoms with van der Waals surface area (Å²) in [4.78, 5) is 22.7. The molecule has 1 aromatic carbocycles. The molecule has 0 saturated heterocycles. The van der Waals surface area contributed by atoms with E-state index in [0.29, 0.717) is 6.54 Å². The van der Waals surface area contributed by atoms with Crippen molar-refractivity contribution in [1.82, 2.24) is 5.32 Å². The molecule has 0 aliphatic rings. The second-order valence-corrected chi connectivity index (χ2v) is 4.25. The van der Waals surface area contributed by atoms with Crippen LogP contribution in [0.25, 0.3) is 0 Å². The zero-order chi connectivity index (χ0) is 14.4. The number of hydrogen-bond acceptors (Lipinski definition) is 3. The molecule has 1 aromatic rings. The van der Waals surface area contributed by atoms with E-state index in [1.54, 1.807) is 6.92 Å². The molecule has 0 aliphatic heterocycles. The summed E-state index contributed by atoms with van der Waals surface area (Å²) in [6.45, 7) is 5.39. The zero-order valence-electron chi connectivity index (χ0n) is 11.3. The first-order valence-electron chi connectivity index (χ1n) is 6.20. The predicted octanol–water partition coefficient (Wildman–Crippen LogP) is 2.32. The summed E-state index contributed by atoms with van der Waals surface area (Å²) < 4.78 is 18.9. The van der Waals surface area contributed by atoms with E-state index in [0.717, 1.165) is 12.5 Å². The Kier molecular flexibility index (Phi) is 5.48. The molecule has 1 N–H and O–H groups in total. The first kappa shape index (κ1) is 15.1. The number of carbonyl (C=O) groups is 2. The van der Waals surface area contributed by atoms with Crippen LogP contribution in [0.5, 0.6) is 5.75 Å². The fourth-order valence-corrected chi connectivity index (χ4v) is 1.45. The maximum atomic E-state index is 13.7. The van der Waals surface area contributed by atoms with Gasteiger partial charge in [0.15, 0.2) is 23.5 Å². The summed E-state index contributed by atoms with van der Waals surface area (Å²) >= 11 is 0. The highest BCUT2D eigenvalue weighted by Gasteiger charge is 2.16. The lowest BCUT2D eigenvalue weighted by atomic mass is 10.1. The first-order chi connectivity index (χ1) is 8.95. The fourth-order valence-electron chi connectivity index (χ4n) is 1.45. The van der Waals surface area contributed by atoms with Crippen LogP contribution in [0.2, 0.25) is 0 Å². The minimum absolute atomic E-state index is 0.0378. The number of rotatable bonds is 6. The molecule has 0 heterocycles. The smallest absolute Gasteiger partial charge is 0.260 e. The normalized spacial score (nSPS) is 11.8. The molecule has 0 saturated carbocycles. The second kappa shape index (κ2) is 6.87. The van der Waals surface area contributed by atoms with E-state index in [9.17, 15) is 14.0 Å². The minimum atomic E-state index is -0.788. The molecule has 104 valence electrons. The molecular formula is C14H18FNO3. The molecule has 0 aromatic heterocycles. The van der Waals surface area contributed by atoms with E-state index in [4.69, 9.17) is 4.74 Å². The standard InChI is InChI=1S/C14H18FNO3/c1-4-7-16-14(18)10(3)19-13-6-5-11(9(2)17)8-12(13)15/h5-6,8,10H,4,7H2,1-3H3,(H,16,18). The second-order valence-electron chi connectivity index (χ2n) is 4.25. The molecular weight excluding hydrogens is 249 g/mol. The van der Waals surface area contributed by atoms with E-state index >= 15 is 0 Å². The van der Waals surface area contributed by atoms with Crippen LogP contribution in [0, 0.1) is 5.82 Å². The van der Waals surface area contributed by atoms with Gasteiger partial charge in [-0.2, -0.15) is 0 Å². The van der Waals surface area contributed by atoms with Crippen LogP contribution >= 0.6 is 0 Å². The molecule has 19 heavy (non-hydrogen) atoms.